The Bertz CT molecular complexity index is 400. The number of aromatic nitrogens is 2. The lowest BCUT2D eigenvalue weighted by Crippen LogP contribution is -2.43. The Hall–Kier alpha value is -1.43. The Morgan fingerprint density at radius 1 is 1.47 bits per heavy atom. The normalized spacial score (nSPS) is 19.2. The predicted octanol–water partition coefficient (Wildman–Crippen LogP) is 1.01. The van der Waals surface area contributed by atoms with E-state index in [1.165, 1.54) is 6.20 Å². The summed E-state index contributed by atoms with van der Waals surface area (Å²) in [6.45, 7) is 3.01. The summed E-state index contributed by atoms with van der Waals surface area (Å²) in [6.07, 6.45) is 2.40. The minimum Gasteiger partial charge on any atom is -0.390 e. The molecule has 1 saturated heterocycles. The van der Waals surface area contributed by atoms with Crippen LogP contribution in [0.25, 0.3) is 0 Å². The van der Waals surface area contributed by atoms with Crippen LogP contribution in [-0.4, -0.2) is 40.8 Å². The van der Waals surface area contributed by atoms with E-state index < -0.39 is 11.4 Å². The van der Waals surface area contributed by atoms with Gasteiger partial charge in [0.1, 0.15) is 0 Å². The van der Waals surface area contributed by atoms with E-state index >= 15 is 0 Å². The molecule has 0 aliphatic carbocycles. The molecule has 0 radical (unpaired) electrons. The molecule has 0 saturated carbocycles. The summed E-state index contributed by atoms with van der Waals surface area (Å²) in [7, 11) is 1.69. The first-order chi connectivity index (χ1) is 8.02. The Labute approximate surface area is 99.7 Å². The molecule has 2 N–H and O–H groups in total. The second-order valence-electron chi connectivity index (χ2n) is 4.60. The van der Waals surface area contributed by atoms with E-state index in [9.17, 15) is 9.50 Å². The summed E-state index contributed by atoms with van der Waals surface area (Å²) < 4.78 is 13.6. The zero-order valence-electron chi connectivity index (χ0n) is 10.1. The molecule has 0 amide bonds. The molecule has 0 spiro atoms. The third-order valence-corrected chi connectivity index (χ3v) is 3.09. The average Bonchev–Trinajstić information content (AvgIpc) is 2.30. The molecular weight excluding hydrogens is 223 g/mol. The predicted molar refractivity (Wildman–Crippen MR) is 63.6 cm³/mol. The Balaban J connectivity index is 2.17. The number of hydrogen-bond donors (Lipinski definition) is 2. The molecule has 1 aromatic heterocycles. The van der Waals surface area contributed by atoms with Crippen LogP contribution >= 0.6 is 0 Å². The van der Waals surface area contributed by atoms with Crippen LogP contribution in [0, 0.1) is 5.82 Å². The van der Waals surface area contributed by atoms with Gasteiger partial charge in [-0.3, -0.25) is 0 Å². The van der Waals surface area contributed by atoms with Gasteiger partial charge in [-0.05, 0) is 19.8 Å². The van der Waals surface area contributed by atoms with Crippen LogP contribution in [-0.2, 0) is 0 Å². The van der Waals surface area contributed by atoms with Crippen LogP contribution in [0.15, 0.2) is 6.20 Å². The lowest BCUT2D eigenvalue weighted by molar-refractivity contribution is 0.0349. The molecule has 1 fully saturated rings. The summed E-state index contributed by atoms with van der Waals surface area (Å²) >= 11 is 0. The van der Waals surface area contributed by atoms with Crippen molar-refractivity contribution in [2.75, 3.05) is 30.4 Å². The van der Waals surface area contributed by atoms with Gasteiger partial charge in [0, 0.05) is 20.1 Å². The quantitative estimate of drug-likeness (QED) is 0.808. The topological polar surface area (TPSA) is 61.3 Å². The SMILES string of the molecule is CNc1ncc(F)c(N2CCC(C)(O)CC2)n1. The molecule has 0 bridgehead atoms. The van der Waals surface area contributed by atoms with Crippen molar-refractivity contribution in [3.8, 4) is 0 Å². The van der Waals surface area contributed by atoms with Crippen molar-refractivity contribution in [1.82, 2.24) is 9.97 Å². The molecule has 0 unspecified atom stereocenters. The van der Waals surface area contributed by atoms with Gasteiger partial charge >= 0.3 is 0 Å². The van der Waals surface area contributed by atoms with Crippen molar-refractivity contribution >= 4 is 11.8 Å². The largest absolute Gasteiger partial charge is 0.390 e. The van der Waals surface area contributed by atoms with E-state index in [2.05, 4.69) is 15.3 Å². The second-order valence-corrected chi connectivity index (χ2v) is 4.60. The van der Waals surface area contributed by atoms with Crippen LogP contribution < -0.4 is 10.2 Å². The summed E-state index contributed by atoms with van der Waals surface area (Å²) in [5.74, 6) is 0.282. The summed E-state index contributed by atoms with van der Waals surface area (Å²) in [6, 6.07) is 0. The standard InChI is InChI=1S/C11H17FN4O/c1-11(17)3-5-16(6-4-11)9-8(12)7-14-10(13-2)15-9/h7,17H,3-6H2,1-2H3,(H,13,14,15). The van der Waals surface area contributed by atoms with Crippen LogP contribution in [0.5, 0.6) is 0 Å². The fourth-order valence-corrected chi connectivity index (χ4v) is 1.90. The van der Waals surface area contributed by atoms with Crippen molar-refractivity contribution in [3.63, 3.8) is 0 Å². The smallest absolute Gasteiger partial charge is 0.224 e. The number of halogens is 1. The zero-order valence-corrected chi connectivity index (χ0v) is 10.1. The van der Waals surface area contributed by atoms with Gasteiger partial charge in [-0.2, -0.15) is 4.98 Å². The highest BCUT2D eigenvalue weighted by Gasteiger charge is 2.29. The van der Waals surface area contributed by atoms with E-state index in [1.54, 1.807) is 14.0 Å². The number of rotatable bonds is 2. The molecular formula is C11H17FN4O. The van der Waals surface area contributed by atoms with Crippen molar-refractivity contribution in [3.05, 3.63) is 12.0 Å². The van der Waals surface area contributed by atoms with Gasteiger partial charge in [-0.15, -0.1) is 0 Å². The first-order valence-corrected chi connectivity index (χ1v) is 5.69. The highest BCUT2D eigenvalue weighted by atomic mass is 19.1. The monoisotopic (exact) mass is 240 g/mol. The lowest BCUT2D eigenvalue weighted by Gasteiger charge is -2.36. The molecule has 2 rings (SSSR count). The number of anilines is 2. The molecule has 94 valence electrons. The van der Waals surface area contributed by atoms with E-state index in [4.69, 9.17) is 0 Å². The third-order valence-electron chi connectivity index (χ3n) is 3.09. The molecule has 1 aliphatic rings. The Morgan fingerprint density at radius 2 is 2.12 bits per heavy atom. The van der Waals surface area contributed by atoms with Gasteiger partial charge < -0.3 is 15.3 Å². The molecule has 17 heavy (non-hydrogen) atoms. The van der Waals surface area contributed by atoms with Crippen molar-refractivity contribution in [1.29, 1.82) is 0 Å². The van der Waals surface area contributed by atoms with E-state index in [1.807, 2.05) is 4.90 Å². The fourth-order valence-electron chi connectivity index (χ4n) is 1.90. The molecule has 0 aromatic carbocycles. The second kappa shape index (κ2) is 4.44. The summed E-state index contributed by atoms with van der Waals surface area (Å²) in [5, 5.41) is 12.6. The Kier molecular flexibility index (Phi) is 3.15. The highest BCUT2D eigenvalue weighted by Crippen LogP contribution is 2.26. The van der Waals surface area contributed by atoms with Crippen LogP contribution in [0.4, 0.5) is 16.2 Å². The van der Waals surface area contributed by atoms with E-state index in [-0.39, 0.29) is 0 Å². The summed E-state index contributed by atoms with van der Waals surface area (Å²) in [5.41, 5.74) is -0.647. The minimum atomic E-state index is -0.647. The number of nitrogens with one attached hydrogen (secondary N) is 1. The Morgan fingerprint density at radius 3 is 2.71 bits per heavy atom. The first-order valence-electron chi connectivity index (χ1n) is 5.69. The van der Waals surface area contributed by atoms with Gasteiger partial charge in [-0.1, -0.05) is 0 Å². The highest BCUT2D eigenvalue weighted by molar-refractivity contribution is 5.44. The maximum atomic E-state index is 13.6. The van der Waals surface area contributed by atoms with E-state index in [0.717, 1.165) is 0 Å². The van der Waals surface area contributed by atoms with Crippen molar-refractivity contribution < 1.29 is 9.50 Å². The first kappa shape index (κ1) is 12.0. The molecule has 1 aromatic rings. The number of nitrogens with zero attached hydrogens (tertiary/aromatic N) is 3. The van der Waals surface area contributed by atoms with E-state index in [0.29, 0.717) is 37.7 Å². The zero-order chi connectivity index (χ0) is 12.5. The average molecular weight is 240 g/mol. The van der Waals surface area contributed by atoms with Crippen molar-refractivity contribution in [2.45, 2.75) is 25.4 Å². The van der Waals surface area contributed by atoms with Gasteiger partial charge in [0.15, 0.2) is 11.6 Å². The molecule has 1 aliphatic heterocycles. The van der Waals surface area contributed by atoms with Crippen LogP contribution in [0.1, 0.15) is 19.8 Å². The van der Waals surface area contributed by atoms with Crippen molar-refractivity contribution in [2.24, 2.45) is 0 Å². The van der Waals surface area contributed by atoms with Crippen LogP contribution in [0.2, 0.25) is 0 Å². The number of aliphatic hydroxyl groups is 1. The minimum absolute atomic E-state index is 0.305. The molecule has 2 heterocycles. The van der Waals surface area contributed by atoms with Crippen LogP contribution in [0.3, 0.4) is 0 Å². The molecule has 6 heteroatoms. The summed E-state index contributed by atoms with van der Waals surface area (Å²) in [4.78, 5) is 9.76. The number of piperidine rings is 1. The maximum absolute atomic E-state index is 13.6. The lowest BCUT2D eigenvalue weighted by atomic mass is 9.94. The molecule has 5 nitrogen and oxygen atoms in total. The fraction of sp³-hybridized carbons (Fsp3) is 0.636. The van der Waals surface area contributed by atoms with Gasteiger partial charge in [0.2, 0.25) is 5.95 Å². The van der Waals surface area contributed by atoms with Gasteiger partial charge in [0.05, 0.1) is 11.8 Å². The molecule has 0 atom stereocenters. The number of hydrogen-bond acceptors (Lipinski definition) is 5. The third kappa shape index (κ3) is 2.63. The van der Waals surface area contributed by atoms with Gasteiger partial charge in [0.25, 0.3) is 0 Å². The maximum Gasteiger partial charge on any atom is 0.224 e. The van der Waals surface area contributed by atoms with Gasteiger partial charge in [-0.25, -0.2) is 9.37 Å².